The number of aromatic amines is 1. The lowest BCUT2D eigenvalue weighted by Gasteiger charge is -2.27. The Balaban J connectivity index is 0.00000231. The highest BCUT2D eigenvalue weighted by Crippen LogP contribution is 2.25. The molecule has 3 aromatic heterocycles. The van der Waals surface area contributed by atoms with Gasteiger partial charge >= 0.3 is 0 Å². The molecule has 1 aromatic carbocycles. The summed E-state index contributed by atoms with van der Waals surface area (Å²) in [4.78, 5) is 18.9. The topological polar surface area (TPSA) is 108 Å². The van der Waals surface area contributed by atoms with Gasteiger partial charge in [-0.05, 0) is 53.1 Å². The van der Waals surface area contributed by atoms with Crippen LogP contribution >= 0.6 is 12.4 Å². The summed E-state index contributed by atoms with van der Waals surface area (Å²) in [6.45, 7) is 5.16. The molecule has 5 rings (SSSR count). The number of halogens is 1. The molecule has 160 valence electrons. The van der Waals surface area contributed by atoms with Gasteiger partial charge in [0, 0.05) is 45.1 Å². The standard InChI is InChI=1S/C22H24N8.ClH/c23-20-13-17(4-6-25-20)16-1-2-18-19(12-16)28-22(27-18)29-21-11-15(3-5-26-21)14-30-9-7-24-8-10-30;/h1-6,11-13,24H,7-10,14H2,(H2,23,25)(H2,26,27,28,29);1H. The van der Waals surface area contributed by atoms with E-state index < -0.39 is 0 Å². The Kier molecular flexibility index (Phi) is 6.31. The van der Waals surface area contributed by atoms with Gasteiger partial charge in [0.05, 0.1) is 11.0 Å². The first-order chi connectivity index (χ1) is 14.7. The lowest BCUT2D eigenvalue weighted by Crippen LogP contribution is -2.42. The zero-order valence-electron chi connectivity index (χ0n) is 17.0. The lowest BCUT2D eigenvalue weighted by atomic mass is 10.1. The molecule has 0 bridgehead atoms. The molecule has 4 heterocycles. The van der Waals surface area contributed by atoms with Crippen molar-refractivity contribution in [2.24, 2.45) is 0 Å². The predicted octanol–water partition coefficient (Wildman–Crippen LogP) is 3.17. The van der Waals surface area contributed by atoms with Gasteiger partial charge in [0.1, 0.15) is 11.6 Å². The molecule has 0 amide bonds. The molecule has 0 unspecified atom stereocenters. The van der Waals surface area contributed by atoms with Crippen LogP contribution in [0.5, 0.6) is 0 Å². The highest BCUT2D eigenvalue weighted by Gasteiger charge is 2.11. The van der Waals surface area contributed by atoms with E-state index in [-0.39, 0.29) is 12.4 Å². The fourth-order valence-electron chi connectivity index (χ4n) is 3.77. The van der Waals surface area contributed by atoms with Gasteiger partial charge in [-0.3, -0.25) is 4.90 Å². The van der Waals surface area contributed by atoms with Crippen LogP contribution in [0.25, 0.3) is 22.2 Å². The highest BCUT2D eigenvalue weighted by atomic mass is 35.5. The van der Waals surface area contributed by atoms with E-state index in [9.17, 15) is 0 Å². The number of benzene rings is 1. The number of nitrogens with zero attached hydrogens (tertiary/aromatic N) is 4. The average Bonchev–Trinajstić information content (AvgIpc) is 3.16. The van der Waals surface area contributed by atoms with Crippen LogP contribution in [0.2, 0.25) is 0 Å². The summed E-state index contributed by atoms with van der Waals surface area (Å²) >= 11 is 0. The second-order valence-electron chi connectivity index (χ2n) is 7.49. The Labute approximate surface area is 186 Å². The number of hydrogen-bond donors (Lipinski definition) is 4. The van der Waals surface area contributed by atoms with Crippen molar-refractivity contribution in [3.05, 3.63) is 60.4 Å². The molecule has 1 aliphatic heterocycles. The Bertz CT molecular complexity index is 1170. The summed E-state index contributed by atoms with van der Waals surface area (Å²) in [6.07, 6.45) is 3.56. The first-order valence-electron chi connectivity index (χ1n) is 10.1. The molecule has 31 heavy (non-hydrogen) atoms. The minimum absolute atomic E-state index is 0. The minimum atomic E-state index is 0. The Morgan fingerprint density at radius 1 is 0.968 bits per heavy atom. The molecule has 5 N–H and O–H groups in total. The predicted molar refractivity (Wildman–Crippen MR) is 127 cm³/mol. The van der Waals surface area contributed by atoms with Crippen LogP contribution in [-0.2, 0) is 6.54 Å². The SMILES string of the molecule is Cl.Nc1cc(-c2ccc3nc(Nc4cc(CN5CCNCC5)ccn4)[nH]c3c2)ccn1. The maximum atomic E-state index is 5.82. The van der Waals surface area contributed by atoms with Crippen molar-refractivity contribution in [1.82, 2.24) is 30.2 Å². The van der Waals surface area contributed by atoms with E-state index in [1.54, 1.807) is 6.20 Å². The third-order valence-electron chi connectivity index (χ3n) is 5.28. The molecule has 0 saturated carbocycles. The number of nitrogens with one attached hydrogen (secondary N) is 3. The summed E-state index contributed by atoms with van der Waals surface area (Å²) in [7, 11) is 0. The van der Waals surface area contributed by atoms with E-state index >= 15 is 0 Å². The number of H-pyrrole nitrogens is 1. The number of nitrogen functional groups attached to an aromatic ring is 1. The van der Waals surface area contributed by atoms with Crippen molar-refractivity contribution in [1.29, 1.82) is 0 Å². The molecule has 4 aromatic rings. The summed E-state index contributed by atoms with van der Waals surface area (Å²) in [5.74, 6) is 1.96. The number of rotatable bonds is 5. The highest BCUT2D eigenvalue weighted by molar-refractivity contribution is 5.85. The van der Waals surface area contributed by atoms with E-state index in [1.807, 2.05) is 30.5 Å². The van der Waals surface area contributed by atoms with E-state index in [1.165, 1.54) is 5.56 Å². The maximum absolute atomic E-state index is 5.82. The number of hydrogen-bond acceptors (Lipinski definition) is 7. The summed E-state index contributed by atoms with van der Waals surface area (Å²) in [5, 5.41) is 6.69. The maximum Gasteiger partial charge on any atom is 0.206 e. The van der Waals surface area contributed by atoms with Gasteiger partial charge in [-0.1, -0.05) is 6.07 Å². The van der Waals surface area contributed by atoms with Gasteiger partial charge in [-0.25, -0.2) is 15.0 Å². The Morgan fingerprint density at radius 3 is 2.61 bits per heavy atom. The van der Waals surface area contributed by atoms with Crippen LogP contribution in [0.4, 0.5) is 17.6 Å². The van der Waals surface area contributed by atoms with Crippen molar-refractivity contribution >= 4 is 41.0 Å². The fraction of sp³-hybridized carbons (Fsp3) is 0.227. The largest absolute Gasteiger partial charge is 0.384 e. The number of pyridine rings is 2. The average molecular weight is 437 g/mol. The smallest absolute Gasteiger partial charge is 0.206 e. The number of piperazine rings is 1. The number of anilines is 3. The normalized spacial score (nSPS) is 14.3. The number of aromatic nitrogens is 4. The van der Waals surface area contributed by atoms with E-state index in [0.717, 1.165) is 60.7 Å². The third-order valence-corrected chi connectivity index (χ3v) is 5.28. The van der Waals surface area contributed by atoms with Crippen LogP contribution < -0.4 is 16.4 Å². The van der Waals surface area contributed by atoms with Gasteiger partial charge in [0.2, 0.25) is 5.95 Å². The summed E-state index contributed by atoms with van der Waals surface area (Å²) < 4.78 is 0. The van der Waals surface area contributed by atoms with Gasteiger partial charge in [-0.15, -0.1) is 12.4 Å². The summed E-state index contributed by atoms with van der Waals surface area (Å²) in [5.41, 5.74) is 11.0. The fourth-order valence-corrected chi connectivity index (χ4v) is 3.77. The molecule has 0 atom stereocenters. The molecule has 0 aliphatic carbocycles. The molecule has 1 saturated heterocycles. The molecule has 0 spiro atoms. The molecular formula is C22H25ClN8. The third kappa shape index (κ3) is 4.93. The molecule has 9 heteroatoms. The molecule has 1 aliphatic rings. The van der Waals surface area contributed by atoms with Gasteiger partial charge < -0.3 is 21.4 Å². The molecule has 0 radical (unpaired) electrons. The van der Waals surface area contributed by atoms with E-state index in [2.05, 4.69) is 53.7 Å². The number of nitrogens with two attached hydrogens (primary N) is 1. The number of fused-ring (bicyclic) bond motifs is 1. The first kappa shape index (κ1) is 21.0. The second-order valence-corrected chi connectivity index (χ2v) is 7.49. The van der Waals surface area contributed by atoms with Crippen molar-refractivity contribution in [3.63, 3.8) is 0 Å². The van der Waals surface area contributed by atoms with Crippen LogP contribution in [0.1, 0.15) is 5.56 Å². The molecule has 8 nitrogen and oxygen atoms in total. The second kappa shape index (κ2) is 9.30. The van der Waals surface area contributed by atoms with Crippen LogP contribution in [0.15, 0.2) is 54.9 Å². The van der Waals surface area contributed by atoms with Crippen LogP contribution in [-0.4, -0.2) is 51.0 Å². The lowest BCUT2D eigenvalue weighted by molar-refractivity contribution is 0.233. The molecule has 1 fully saturated rings. The van der Waals surface area contributed by atoms with Crippen LogP contribution in [0, 0.1) is 0 Å². The van der Waals surface area contributed by atoms with E-state index in [0.29, 0.717) is 11.8 Å². The van der Waals surface area contributed by atoms with Gasteiger partial charge in [0.15, 0.2) is 0 Å². The van der Waals surface area contributed by atoms with Gasteiger partial charge in [-0.2, -0.15) is 0 Å². The van der Waals surface area contributed by atoms with Crippen LogP contribution in [0.3, 0.4) is 0 Å². The minimum Gasteiger partial charge on any atom is -0.384 e. The first-order valence-corrected chi connectivity index (χ1v) is 10.1. The Morgan fingerprint density at radius 2 is 1.77 bits per heavy atom. The molecular weight excluding hydrogens is 412 g/mol. The van der Waals surface area contributed by atoms with Gasteiger partial charge in [0.25, 0.3) is 0 Å². The Hall–Kier alpha value is -3.20. The van der Waals surface area contributed by atoms with Crippen molar-refractivity contribution in [3.8, 4) is 11.1 Å². The zero-order valence-corrected chi connectivity index (χ0v) is 17.8. The van der Waals surface area contributed by atoms with E-state index in [4.69, 9.17) is 5.73 Å². The summed E-state index contributed by atoms with van der Waals surface area (Å²) in [6, 6.07) is 14.1. The van der Waals surface area contributed by atoms with Crippen molar-refractivity contribution in [2.45, 2.75) is 6.54 Å². The monoisotopic (exact) mass is 436 g/mol. The van der Waals surface area contributed by atoms with Crippen molar-refractivity contribution < 1.29 is 0 Å². The zero-order chi connectivity index (χ0) is 20.3. The number of imidazole rings is 1. The quantitative estimate of drug-likeness (QED) is 0.380. The van der Waals surface area contributed by atoms with Crippen molar-refractivity contribution in [2.75, 3.05) is 37.2 Å².